The van der Waals surface area contributed by atoms with Gasteiger partial charge in [-0.05, 0) is 75.3 Å². The molecule has 0 aromatic heterocycles. The average molecular weight is 382 g/mol. The summed E-state index contributed by atoms with van der Waals surface area (Å²) in [6.07, 6.45) is 0.897. The predicted octanol–water partition coefficient (Wildman–Crippen LogP) is 4.05. The van der Waals surface area contributed by atoms with Crippen molar-refractivity contribution in [3.63, 3.8) is 0 Å². The Morgan fingerprint density at radius 3 is 2.14 bits per heavy atom. The Kier molecular flexibility index (Phi) is 7.76. The molecule has 150 valence electrons. The molecule has 0 aliphatic heterocycles. The van der Waals surface area contributed by atoms with Crippen LogP contribution in [0.2, 0.25) is 0 Å². The van der Waals surface area contributed by atoms with E-state index < -0.39 is 0 Å². The zero-order valence-corrected chi connectivity index (χ0v) is 17.5. The van der Waals surface area contributed by atoms with Crippen LogP contribution in [0.4, 0.5) is 5.69 Å². The van der Waals surface area contributed by atoms with Crippen molar-refractivity contribution >= 4 is 17.5 Å². The lowest BCUT2D eigenvalue weighted by Gasteiger charge is -2.16. The maximum atomic E-state index is 12.7. The van der Waals surface area contributed by atoms with Gasteiger partial charge in [-0.1, -0.05) is 32.0 Å². The molecule has 0 saturated carbocycles. The van der Waals surface area contributed by atoms with Crippen LogP contribution >= 0.6 is 0 Å². The van der Waals surface area contributed by atoms with Crippen LogP contribution in [0.5, 0.6) is 0 Å². The van der Waals surface area contributed by atoms with E-state index in [4.69, 9.17) is 0 Å². The van der Waals surface area contributed by atoms with Crippen molar-refractivity contribution in [1.82, 2.24) is 10.2 Å². The van der Waals surface area contributed by atoms with Gasteiger partial charge in [-0.2, -0.15) is 0 Å². The Balaban J connectivity index is 2.02. The number of hydrogen-bond acceptors (Lipinski definition) is 3. The molecule has 0 unspecified atom stereocenters. The summed E-state index contributed by atoms with van der Waals surface area (Å²) < 4.78 is 0. The molecule has 28 heavy (non-hydrogen) atoms. The Labute approximate surface area is 168 Å². The van der Waals surface area contributed by atoms with Crippen LogP contribution in [0.1, 0.15) is 58.0 Å². The van der Waals surface area contributed by atoms with Crippen LogP contribution in [0.3, 0.4) is 0 Å². The second kappa shape index (κ2) is 10.0. The number of anilines is 1. The SMILES string of the molecule is Cc1cccc(C(C)C)c1NC(=O)c1ccc(C(=O)NCCCN(C)C)cc1. The summed E-state index contributed by atoms with van der Waals surface area (Å²) in [5.74, 6) is 0.0228. The first-order valence-electron chi connectivity index (χ1n) is 9.73. The van der Waals surface area contributed by atoms with E-state index in [0.29, 0.717) is 23.6 Å². The first-order chi connectivity index (χ1) is 13.3. The molecule has 2 amide bonds. The van der Waals surface area contributed by atoms with Crippen LogP contribution in [0, 0.1) is 6.92 Å². The molecule has 0 aliphatic rings. The van der Waals surface area contributed by atoms with Crippen LogP contribution < -0.4 is 10.6 Å². The number of aryl methyl sites for hydroxylation is 1. The lowest BCUT2D eigenvalue weighted by atomic mass is 9.98. The molecule has 5 heteroatoms. The summed E-state index contributed by atoms with van der Waals surface area (Å²) in [7, 11) is 4.01. The fraction of sp³-hybridized carbons (Fsp3) is 0.391. The Morgan fingerprint density at radius 2 is 1.57 bits per heavy atom. The van der Waals surface area contributed by atoms with Gasteiger partial charge in [0.1, 0.15) is 0 Å². The summed E-state index contributed by atoms with van der Waals surface area (Å²) in [5.41, 5.74) is 4.10. The standard InChI is InChI=1S/C23H31N3O2/c1-16(2)20-9-6-8-17(3)21(20)25-23(28)19-12-10-18(11-13-19)22(27)24-14-7-15-26(4)5/h6,8-13,16H,7,14-15H2,1-5H3,(H,24,27)(H,25,28). The van der Waals surface area contributed by atoms with Gasteiger partial charge < -0.3 is 15.5 Å². The van der Waals surface area contributed by atoms with Crippen LogP contribution in [-0.2, 0) is 0 Å². The van der Waals surface area contributed by atoms with Crippen molar-refractivity contribution in [3.8, 4) is 0 Å². The van der Waals surface area contributed by atoms with E-state index in [2.05, 4.69) is 29.4 Å². The first kappa shape index (κ1) is 21.6. The molecular weight excluding hydrogens is 350 g/mol. The summed E-state index contributed by atoms with van der Waals surface area (Å²) in [4.78, 5) is 27.0. The number of nitrogens with zero attached hydrogens (tertiary/aromatic N) is 1. The largest absolute Gasteiger partial charge is 0.352 e. The molecule has 0 heterocycles. The topological polar surface area (TPSA) is 61.4 Å². The van der Waals surface area contributed by atoms with Gasteiger partial charge in [0.05, 0.1) is 0 Å². The summed E-state index contributed by atoms with van der Waals surface area (Å²) in [6.45, 7) is 7.76. The van der Waals surface area contributed by atoms with Gasteiger partial charge in [0.2, 0.25) is 0 Å². The molecule has 2 aromatic rings. The number of para-hydroxylation sites is 1. The molecule has 0 aliphatic carbocycles. The summed E-state index contributed by atoms with van der Waals surface area (Å²) in [6, 6.07) is 12.8. The minimum Gasteiger partial charge on any atom is -0.352 e. The molecule has 0 spiro atoms. The van der Waals surface area contributed by atoms with Crippen molar-refractivity contribution in [2.75, 3.05) is 32.5 Å². The monoisotopic (exact) mass is 381 g/mol. The van der Waals surface area contributed by atoms with Crippen molar-refractivity contribution in [3.05, 3.63) is 64.7 Å². The third kappa shape index (κ3) is 5.92. The van der Waals surface area contributed by atoms with Crippen molar-refractivity contribution in [2.45, 2.75) is 33.1 Å². The quantitative estimate of drug-likeness (QED) is 0.678. The van der Waals surface area contributed by atoms with E-state index in [9.17, 15) is 9.59 Å². The van der Waals surface area contributed by atoms with Gasteiger partial charge in [-0.15, -0.1) is 0 Å². The average Bonchev–Trinajstić information content (AvgIpc) is 2.66. The Bertz CT molecular complexity index is 811. The predicted molar refractivity (Wildman–Crippen MR) is 115 cm³/mol. The van der Waals surface area contributed by atoms with Crippen molar-refractivity contribution < 1.29 is 9.59 Å². The highest BCUT2D eigenvalue weighted by atomic mass is 16.2. The smallest absolute Gasteiger partial charge is 0.255 e. The van der Waals surface area contributed by atoms with E-state index in [1.807, 2.05) is 39.2 Å². The van der Waals surface area contributed by atoms with E-state index in [-0.39, 0.29) is 11.8 Å². The maximum Gasteiger partial charge on any atom is 0.255 e. The van der Waals surface area contributed by atoms with E-state index >= 15 is 0 Å². The molecule has 5 nitrogen and oxygen atoms in total. The number of carbonyl (C=O) groups excluding carboxylic acids is 2. The highest BCUT2D eigenvalue weighted by Gasteiger charge is 2.14. The fourth-order valence-electron chi connectivity index (χ4n) is 3.00. The fourth-order valence-corrected chi connectivity index (χ4v) is 3.00. The zero-order valence-electron chi connectivity index (χ0n) is 17.5. The molecule has 0 atom stereocenters. The first-order valence-corrected chi connectivity index (χ1v) is 9.73. The molecule has 0 bridgehead atoms. The maximum absolute atomic E-state index is 12.7. The zero-order chi connectivity index (χ0) is 20.7. The molecule has 2 rings (SSSR count). The normalized spacial score (nSPS) is 11.0. The summed E-state index contributed by atoms with van der Waals surface area (Å²) >= 11 is 0. The second-order valence-electron chi connectivity index (χ2n) is 7.64. The van der Waals surface area contributed by atoms with Gasteiger partial charge in [0.15, 0.2) is 0 Å². The minimum atomic E-state index is -0.172. The Hall–Kier alpha value is -2.66. The van der Waals surface area contributed by atoms with Gasteiger partial charge >= 0.3 is 0 Å². The number of carbonyl (C=O) groups is 2. The molecular formula is C23H31N3O2. The minimum absolute atomic E-state index is 0.119. The van der Waals surface area contributed by atoms with Crippen LogP contribution in [0.15, 0.2) is 42.5 Å². The lowest BCUT2D eigenvalue weighted by Crippen LogP contribution is -2.27. The van der Waals surface area contributed by atoms with Gasteiger partial charge in [-0.25, -0.2) is 0 Å². The second-order valence-corrected chi connectivity index (χ2v) is 7.64. The number of amides is 2. The van der Waals surface area contributed by atoms with E-state index in [1.165, 1.54) is 0 Å². The number of hydrogen-bond donors (Lipinski definition) is 2. The third-order valence-corrected chi connectivity index (χ3v) is 4.64. The number of nitrogens with one attached hydrogen (secondary N) is 2. The third-order valence-electron chi connectivity index (χ3n) is 4.64. The highest BCUT2D eigenvalue weighted by molar-refractivity contribution is 6.05. The van der Waals surface area contributed by atoms with Crippen molar-refractivity contribution in [1.29, 1.82) is 0 Å². The van der Waals surface area contributed by atoms with Gasteiger partial charge in [0, 0.05) is 23.4 Å². The van der Waals surface area contributed by atoms with Crippen LogP contribution in [-0.4, -0.2) is 43.9 Å². The Morgan fingerprint density at radius 1 is 0.964 bits per heavy atom. The number of rotatable bonds is 8. The van der Waals surface area contributed by atoms with Crippen molar-refractivity contribution in [2.24, 2.45) is 0 Å². The van der Waals surface area contributed by atoms with Crippen LogP contribution in [0.25, 0.3) is 0 Å². The van der Waals surface area contributed by atoms with Gasteiger partial charge in [0.25, 0.3) is 11.8 Å². The van der Waals surface area contributed by atoms with Gasteiger partial charge in [-0.3, -0.25) is 9.59 Å². The molecule has 0 fully saturated rings. The number of benzene rings is 2. The lowest BCUT2D eigenvalue weighted by molar-refractivity contribution is 0.0950. The van der Waals surface area contributed by atoms with E-state index in [0.717, 1.165) is 29.8 Å². The molecule has 2 aromatic carbocycles. The molecule has 2 N–H and O–H groups in total. The molecule has 0 saturated heterocycles. The molecule has 0 radical (unpaired) electrons. The van der Waals surface area contributed by atoms with E-state index in [1.54, 1.807) is 24.3 Å². The highest BCUT2D eigenvalue weighted by Crippen LogP contribution is 2.27. The summed E-state index contributed by atoms with van der Waals surface area (Å²) in [5, 5.41) is 5.94.